The zero-order chi connectivity index (χ0) is 21.0. The van der Waals surface area contributed by atoms with Gasteiger partial charge in [-0.15, -0.1) is 0 Å². The zero-order valence-corrected chi connectivity index (χ0v) is 19.1. The Balaban J connectivity index is 1.51. The Morgan fingerprint density at radius 1 is 1.17 bits per heavy atom. The molecule has 0 aliphatic heterocycles. The summed E-state index contributed by atoms with van der Waals surface area (Å²) in [6, 6.07) is -0.484. The van der Waals surface area contributed by atoms with Crippen molar-refractivity contribution in [2.75, 3.05) is 0 Å². The van der Waals surface area contributed by atoms with E-state index in [0.717, 1.165) is 32.1 Å². The third-order valence-corrected chi connectivity index (χ3v) is 9.68. The maximum atomic E-state index is 12.3. The third kappa shape index (κ3) is 3.39. The second-order valence-corrected chi connectivity index (χ2v) is 10.9. The molecule has 0 heterocycles. The SMILES string of the molecule is CC(=O)[C@H]1CCC2C3CC=C4CC(OC(=O)C(C)NCl)CC[C@]4(C)C3CC[C@@]21C. The molecule has 0 aromatic heterocycles. The molecule has 3 fully saturated rings. The van der Waals surface area contributed by atoms with E-state index < -0.39 is 6.04 Å². The topological polar surface area (TPSA) is 55.4 Å². The summed E-state index contributed by atoms with van der Waals surface area (Å²) in [5.74, 6) is 2.47. The van der Waals surface area contributed by atoms with Crippen LogP contribution >= 0.6 is 11.8 Å². The van der Waals surface area contributed by atoms with E-state index in [-0.39, 0.29) is 28.8 Å². The Hall–Kier alpha value is -0.870. The Morgan fingerprint density at radius 3 is 2.62 bits per heavy atom. The number of carbonyl (C=O) groups excluding carboxylic acids is 2. The lowest BCUT2D eigenvalue weighted by atomic mass is 9.47. The van der Waals surface area contributed by atoms with Crippen molar-refractivity contribution < 1.29 is 14.3 Å². The minimum absolute atomic E-state index is 0.0340. The number of Topliss-reactive ketones (excluding diaryl/α,β-unsaturated/α-hetero) is 1. The first-order chi connectivity index (χ1) is 13.7. The number of ketones is 1. The molecule has 3 saturated carbocycles. The molecule has 0 aromatic rings. The number of rotatable bonds is 4. The van der Waals surface area contributed by atoms with Gasteiger partial charge in [0.1, 0.15) is 17.9 Å². The molecule has 162 valence electrons. The minimum Gasteiger partial charge on any atom is -0.461 e. The van der Waals surface area contributed by atoms with Crippen LogP contribution in [0.3, 0.4) is 0 Å². The summed E-state index contributed by atoms with van der Waals surface area (Å²) < 4.78 is 5.74. The number of hydrogen-bond acceptors (Lipinski definition) is 4. The van der Waals surface area contributed by atoms with E-state index in [1.807, 2.05) is 0 Å². The Morgan fingerprint density at radius 2 is 1.93 bits per heavy atom. The number of carbonyl (C=O) groups is 2. The quantitative estimate of drug-likeness (QED) is 0.385. The third-order valence-electron chi connectivity index (χ3n) is 9.35. The van der Waals surface area contributed by atoms with Crippen LogP contribution in [0.5, 0.6) is 0 Å². The number of ether oxygens (including phenoxy) is 1. The molecule has 0 radical (unpaired) electrons. The van der Waals surface area contributed by atoms with Crippen LogP contribution < -0.4 is 4.84 Å². The largest absolute Gasteiger partial charge is 0.461 e. The molecule has 4 rings (SSSR count). The van der Waals surface area contributed by atoms with E-state index in [0.29, 0.717) is 23.5 Å². The van der Waals surface area contributed by atoms with E-state index in [1.165, 1.54) is 24.8 Å². The van der Waals surface area contributed by atoms with Crippen LogP contribution in [0.15, 0.2) is 11.6 Å². The highest BCUT2D eigenvalue weighted by Gasteiger charge is 2.59. The van der Waals surface area contributed by atoms with Gasteiger partial charge in [-0.05, 0) is 99.2 Å². The molecule has 0 amide bonds. The number of allylic oxidation sites excluding steroid dienone is 1. The van der Waals surface area contributed by atoms with Gasteiger partial charge in [0.05, 0.1) is 0 Å². The van der Waals surface area contributed by atoms with E-state index in [9.17, 15) is 9.59 Å². The molecule has 5 heteroatoms. The number of hydrogen-bond donors (Lipinski definition) is 1. The molecule has 5 unspecified atom stereocenters. The van der Waals surface area contributed by atoms with E-state index in [2.05, 4.69) is 24.8 Å². The molecular formula is C24H36ClNO3. The average molecular weight is 422 g/mol. The molecule has 0 bridgehead atoms. The van der Waals surface area contributed by atoms with Gasteiger partial charge in [-0.2, -0.15) is 0 Å². The second kappa shape index (κ2) is 7.67. The summed E-state index contributed by atoms with van der Waals surface area (Å²) >= 11 is 5.58. The second-order valence-electron chi connectivity index (χ2n) is 10.7. The Kier molecular flexibility index (Phi) is 5.65. The van der Waals surface area contributed by atoms with Gasteiger partial charge in [0, 0.05) is 12.3 Å². The summed E-state index contributed by atoms with van der Waals surface area (Å²) in [6.07, 6.45) is 11.1. The van der Waals surface area contributed by atoms with Crippen molar-refractivity contribution in [2.24, 2.45) is 34.5 Å². The molecular weight excluding hydrogens is 386 g/mol. The number of halogens is 1. The molecule has 8 atom stereocenters. The molecule has 4 nitrogen and oxygen atoms in total. The van der Waals surface area contributed by atoms with Gasteiger partial charge in [0.25, 0.3) is 0 Å². The molecule has 0 saturated heterocycles. The fourth-order valence-corrected chi connectivity index (χ4v) is 7.80. The average Bonchev–Trinajstić information content (AvgIpc) is 3.05. The fraction of sp³-hybridized carbons (Fsp3) is 0.833. The van der Waals surface area contributed by atoms with Gasteiger partial charge >= 0.3 is 5.97 Å². The first-order valence-electron chi connectivity index (χ1n) is 11.5. The summed E-state index contributed by atoms with van der Waals surface area (Å²) in [6.45, 7) is 8.38. The first kappa shape index (κ1) is 21.4. The van der Waals surface area contributed by atoms with Crippen molar-refractivity contribution in [1.82, 2.24) is 4.84 Å². The van der Waals surface area contributed by atoms with E-state index >= 15 is 0 Å². The fourth-order valence-electron chi connectivity index (χ4n) is 7.71. The monoisotopic (exact) mass is 421 g/mol. The van der Waals surface area contributed by atoms with Gasteiger partial charge in [-0.1, -0.05) is 25.5 Å². The van der Waals surface area contributed by atoms with Crippen molar-refractivity contribution in [3.63, 3.8) is 0 Å². The molecule has 0 spiro atoms. The molecule has 0 aromatic carbocycles. The van der Waals surface area contributed by atoms with E-state index in [1.54, 1.807) is 13.8 Å². The van der Waals surface area contributed by atoms with Crippen molar-refractivity contribution >= 4 is 23.5 Å². The molecule has 29 heavy (non-hydrogen) atoms. The van der Waals surface area contributed by atoms with Gasteiger partial charge in [0.15, 0.2) is 0 Å². The van der Waals surface area contributed by atoms with Crippen molar-refractivity contribution in [3.05, 3.63) is 11.6 Å². The zero-order valence-electron chi connectivity index (χ0n) is 18.3. The standard InChI is InChI=1S/C24H36ClNO3/c1-14(26-25)22(28)29-17-9-11-23(3)16(13-17)5-6-18-20-8-7-19(15(2)27)24(20,4)12-10-21(18)23/h5,14,17-21,26H,6-13H2,1-4H3/t14?,17?,18?,19-,20?,21?,23+,24-/m1/s1. The van der Waals surface area contributed by atoms with Crippen LogP contribution in [0.25, 0.3) is 0 Å². The summed E-state index contributed by atoms with van der Waals surface area (Å²) in [5.41, 5.74) is 1.92. The maximum absolute atomic E-state index is 12.3. The van der Waals surface area contributed by atoms with Crippen molar-refractivity contribution in [3.8, 4) is 0 Å². The van der Waals surface area contributed by atoms with Gasteiger partial charge in [-0.25, -0.2) is 4.84 Å². The summed E-state index contributed by atoms with van der Waals surface area (Å²) in [7, 11) is 0. The van der Waals surface area contributed by atoms with Crippen LogP contribution in [0.2, 0.25) is 0 Å². The maximum Gasteiger partial charge on any atom is 0.324 e. The van der Waals surface area contributed by atoms with Gasteiger partial charge < -0.3 is 4.74 Å². The minimum atomic E-state index is -0.484. The predicted molar refractivity (Wildman–Crippen MR) is 114 cm³/mol. The first-order valence-corrected chi connectivity index (χ1v) is 11.8. The predicted octanol–water partition coefficient (Wildman–Crippen LogP) is 5.20. The smallest absolute Gasteiger partial charge is 0.324 e. The highest BCUT2D eigenvalue weighted by atomic mass is 35.5. The molecule has 4 aliphatic carbocycles. The normalized spacial score (nSPS) is 44.7. The van der Waals surface area contributed by atoms with E-state index in [4.69, 9.17) is 16.5 Å². The van der Waals surface area contributed by atoms with Gasteiger partial charge in [-0.3, -0.25) is 9.59 Å². The lowest BCUT2D eigenvalue weighted by Gasteiger charge is -2.58. The number of esters is 1. The lowest BCUT2D eigenvalue weighted by Crippen LogP contribution is -2.51. The number of fused-ring (bicyclic) bond motifs is 5. The molecule has 1 N–H and O–H groups in total. The Bertz CT molecular complexity index is 721. The highest BCUT2D eigenvalue weighted by molar-refractivity contribution is 6.14. The van der Waals surface area contributed by atoms with Crippen LogP contribution in [-0.2, 0) is 14.3 Å². The van der Waals surface area contributed by atoms with Crippen LogP contribution in [0.1, 0.15) is 79.1 Å². The Labute approximate surface area is 180 Å². The number of nitrogens with one attached hydrogen (secondary N) is 1. The highest BCUT2D eigenvalue weighted by Crippen LogP contribution is 2.66. The van der Waals surface area contributed by atoms with Crippen molar-refractivity contribution in [1.29, 1.82) is 0 Å². The van der Waals surface area contributed by atoms with Gasteiger partial charge in [0.2, 0.25) is 0 Å². The summed E-state index contributed by atoms with van der Waals surface area (Å²) in [4.78, 5) is 26.9. The van der Waals surface area contributed by atoms with Crippen LogP contribution in [-0.4, -0.2) is 23.9 Å². The molecule has 4 aliphatic rings. The van der Waals surface area contributed by atoms with Crippen LogP contribution in [0.4, 0.5) is 0 Å². The lowest BCUT2D eigenvalue weighted by molar-refractivity contribution is -0.153. The van der Waals surface area contributed by atoms with Crippen molar-refractivity contribution in [2.45, 2.75) is 91.2 Å². The summed E-state index contributed by atoms with van der Waals surface area (Å²) in [5, 5.41) is 0. The van der Waals surface area contributed by atoms with Crippen LogP contribution in [0, 0.1) is 34.5 Å².